The van der Waals surface area contributed by atoms with Gasteiger partial charge in [-0.2, -0.15) is 0 Å². The van der Waals surface area contributed by atoms with Crippen molar-refractivity contribution in [2.24, 2.45) is 0 Å². The van der Waals surface area contributed by atoms with Gasteiger partial charge in [-0.05, 0) is 32.4 Å². The number of nitrogens with zero attached hydrogens (tertiary/aromatic N) is 1. The Labute approximate surface area is 159 Å². The third kappa shape index (κ3) is 5.69. The summed E-state index contributed by atoms with van der Waals surface area (Å²) in [5.74, 6) is 0.588. The molecule has 5 nitrogen and oxygen atoms in total. The van der Waals surface area contributed by atoms with E-state index in [-0.39, 0.29) is 11.8 Å². The predicted octanol–water partition coefficient (Wildman–Crippen LogP) is 3.19. The number of esters is 1. The summed E-state index contributed by atoms with van der Waals surface area (Å²) in [5, 5.41) is 0. The number of Topliss-reactive ketones (excluding diaryl/α,β-unsaturated/α-hetero) is 1. The molecule has 6 heteroatoms. The summed E-state index contributed by atoms with van der Waals surface area (Å²) in [6.45, 7) is 10.6. The zero-order chi connectivity index (χ0) is 19.0. The van der Waals surface area contributed by atoms with Gasteiger partial charge in [-0.3, -0.25) is 9.69 Å². The highest BCUT2D eigenvalue weighted by Gasteiger charge is 2.35. The van der Waals surface area contributed by atoms with E-state index >= 15 is 0 Å². The van der Waals surface area contributed by atoms with E-state index in [4.69, 9.17) is 9.47 Å². The van der Waals surface area contributed by atoms with Crippen LogP contribution in [0.4, 0.5) is 0 Å². The lowest BCUT2D eigenvalue weighted by Crippen LogP contribution is -2.54. The van der Waals surface area contributed by atoms with Crippen LogP contribution < -0.4 is 0 Å². The van der Waals surface area contributed by atoms with Gasteiger partial charge < -0.3 is 9.47 Å². The summed E-state index contributed by atoms with van der Waals surface area (Å²) in [7, 11) is 0. The third-order valence-corrected chi connectivity index (χ3v) is 5.54. The molecular formula is C20H27NO4S. The minimum atomic E-state index is -0.534. The maximum Gasteiger partial charge on any atom is 0.330 e. The normalized spacial score (nSPS) is 15.5. The molecule has 0 unspecified atom stereocenters. The van der Waals surface area contributed by atoms with Crippen molar-refractivity contribution in [3.63, 3.8) is 0 Å². The molecule has 1 aromatic rings. The van der Waals surface area contributed by atoms with Crippen molar-refractivity contribution in [3.05, 3.63) is 42.5 Å². The molecular weight excluding hydrogens is 350 g/mol. The zero-order valence-electron chi connectivity index (χ0n) is 15.5. The van der Waals surface area contributed by atoms with Crippen molar-refractivity contribution in [2.45, 2.75) is 30.7 Å². The lowest BCUT2D eigenvalue weighted by atomic mass is 9.91. The molecule has 1 saturated heterocycles. The van der Waals surface area contributed by atoms with E-state index in [1.807, 2.05) is 38.1 Å². The van der Waals surface area contributed by atoms with Gasteiger partial charge in [0.2, 0.25) is 0 Å². The number of morpholine rings is 1. The molecule has 0 spiro atoms. The molecule has 1 heterocycles. The van der Waals surface area contributed by atoms with E-state index in [0.29, 0.717) is 19.8 Å². The molecule has 0 atom stereocenters. The van der Waals surface area contributed by atoms with E-state index < -0.39 is 5.54 Å². The highest BCUT2D eigenvalue weighted by Crippen LogP contribution is 2.24. The Morgan fingerprint density at radius 3 is 2.54 bits per heavy atom. The minimum absolute atomic E-state index is 0.132. The van der Waals surface area contributed by atoms with Crippen molar-refractivity contribution in [2.75, 3.05) is 38.7 Å². The molecule has 26 heavy (non-hydrogen) atoms. The first-order valence-corrected chi connectivity index (χ1v) is 9.83. The van der Waals surface area contributed by atoms with Crippen molar-refractivity contribution in [1.82, 2.24) is 4.90 Å². The molecule has 1 aliphatic rings. The van der Waals surface area contributed by atoms with Crippen LogP contribution in [0.15, 0.2) is 41.8 Å². The fraction of sp³-hybridized carbons (Fsp3) is 0.500. The highest BCUT2D eigenvalue weighted by molar-refractivity contribution is 7.99. The monoisotopic (exact) mass is 377 g/mol. The first-order chi connectivity index (χ1) is 12.4. The van der Waals surface area contributed by atoms with Crippen LogP contribution in [-0.2, 0) is 14.3 Å². The average molecular weight is 378 g/mol. The third-order valence-electron chi connectivity index (χ3n) is 4.44. The summed E-state index contributed by atoms with van der Waals surface area (Å²) in [6.07, 6.45) is 1.94. The van der Waals surface area contributed by atoms with Crippen LogP contribution in [-0.4, -0.2) is 60.9 Å². The molecule has 0 aromatic heterocycles. The number of hydrogen-bond acceptors (Lipinski definition) is 6. The van der Waals surface area contributed by atoms with Gasteiger partial charge >= 0.3 is 5.97 Å². The summed E-state index contributed by atoms with van der Waals surface area (Å²) in [6, 6.07) is 7.74. The number of ketones is 1. The average Bonchev–Trinajstić information content (AvgIpc) is 2.68. The minimum Gasteiger partial charge on any atom is -0.463 e. The van der Waals surface area contributed by atoms with Crippen molar-refractivity contribution in [3.8, 4) is 0 Å². The van der Waals surface area contributed by atoms with Crippen LogP contribution in [0.5, 0.6) is 0 Å². The first kappa shape index (κ1) is 20.7. The SMILES string of the molecule is C=CC(=O)OCCCSc1ccc(C(=O)C(C)(C)N2CCOCC2)cc1. The van der Waals surface area contributed by atoms with Gasteiger partial charge in [-0.1, -0.05) is 18.7 Å². The Morgan fingerprint density at radius 1 is 1.27 bits per heavy atom. The summed E-state index contributed by atoms with van der Waals surface area (Å²) in [5.41, 5.74) is 0.193. The van der Waals surface area contributed by atoms with E-state index in [9.17, 15) is 9.59 Å². The van der Waals surface area contributed by atoms with E-state index in [1.165, 1.54) is 6.08 Å². The molecule has 1 aliphatic heterocycles. The van der Waals surface area contributed by atoms with Gasteiger partial charge in [0.25, 0.3) is 0 Å². The van der Waals surface area contributed by atoms with Crippen molar-refractivity contribution >= 4 is 23.5 Å². The fourth-order valence-corrected chi connectivity index (χ4v) is 3.63. The Bertz CT molecular complexity index is 621. The number of carbonyl (C=O) groups excluding carboxylic acids is 2. The van der Waals surface area contributed by atoms with Crippen LogP contribution in [0, 0.1) is 0 Å². The van der Waals surface area contributed by atoms with E-state index in [2.05, 4.69) is 11.5 Å². The standard InChI is InChI=1S/C20H27NO4S/c1-4-18(22)25-12-5-15-26-17-8-6-16(7-9-17)19(23)20(2,3)21-10-13-24-14-11-21/h4,6-9H,1,5,10-15H2,2-3H3. The second kappa shape index (κ2) is 9.90. The first-order valence-electron chi connectivity index (χ1n) is 8.85. The second-order valence-corrected chi connectivity index (χ2v) is 7.75. The van der Waals surface area contributed by atoms with E-state index in [0.717, 1.165) is 35.7 Å². The lowest BCUT2D eigenvalue weighted by molar-refractivity contribution is -0.137. The molecule has 2 rings (SSSR count). The Kier molecular flexibility index (Phi) is 7.87. The Hall–Kier alpha value is -1.63. The van der Waals surface area contributed by atoms with Crippen molar-refractivity contribution < 1.29 is 19.1 Å². The molecule has 0 saturated carbocycles. The summed E-state index contributed by atoms with van der Waals surface area (Å²) < 4.78 is 10.3. The van der Waals surface area contributed by atoms with Crippen LogP contribution in [0.2, 0.25) is 0 Å². The molecule has 0 aliphatic carbocycles. The van der Waals surface area contributed by atoms with Crippen molar-refractivity contribution in [1.29, 1.82) is 0 Å². The van der Waals surface area contributed by atoms with Crippen LogP contribution >= 0.6 is 11.8 Å². The maximum absolute atomic E-state index is 12.9. The second-order valence-electron chi connectivity index (χ2n) is 6.59. The fourth-order valence-electron chi connectivity index (χ4n) is 2.80. The van der Waals surface area contributed by atoms with Gasteiger partial charge in [0.15, 0.2) is 5.78 Å². The number of hydrogen-bond donors (Lipinski definition) is 0. The largest absolute Gasteiger partial charge is 0.463 e. The molecule has 1 aromatic carbocycles. The lowest BCUT2D eigenvalue weighted by Gasteiger charge is -2.39. The quantitative estimate of drug-likeness (QED) is 0.217. The molecule has 0 bridgehead atoms. The van der Waals surface area contributed by atoms with Gasteiger partial charge in [0.1, 0.15) is 0 Å². The number of thioether (sulfide) groups is 1. The van der Waals surface area contributed by atoms with Crippen LogP contribution in [0.1, 0.15) is 30.6 Å². The van der Waals surface area contributed by atoms with Gasteiger partial charge in [-0.25, -0.2) is 4.79 Å². The van der Waals surface area contributed by atoms with Crippen LogP contribution in [0.3, 0.4) is 0 Å². The smallest absolute Gasteiger partial charge is 0.330 e. The van der Waals surface area contributed by atoms with Gasteiger partial charge in [0, 0.05) is 35.4 Å². The number of carbonyl (C=O) groups is 2. The van der Waals surface area contributed by atoms with Gasteiger partial charge in [0.05, 0.1) is 25.4 Å². The summed E-state index contributed by atoms with van der Waals surface area (Å²) >= 11 is 1.68. The number of benzene rings is 1. The zero-order valence-corrected chi connectivity index (χ0v) is 16.3. The Balaban J connectivity index is 1.84. The maximum atomic E-state index is 12.9. The molecule has 0 radical (unpaired) electrons. The molecule has 1 fully saturated rings. The molecule has 0 amide bonds. The Morgan fingerprint density at radius 2 is 1.92 bits per heavy atom. The topological polar surface area (TPSA) is 55.8 Å². The highest BCUT2D eigenvalue weighted by atomic mass is 32.2. The van der Waals surface area contributed by atoms with E-state index in [1.54, 1.807) is 11.8 Å². The number of rotatable bonds is 9. The molecule has 0 N–H and O–H groups in total. The summed E-state index contributed by atoms with van der Waals surface area (Å²) in [4.78, 5) is 27.2. The van der Waals surface area contributed by atoms with Gasteiger partial charge in [-0.15, -0.1) is 11.8 Å². The number of ether oxygens (including phenoxy) is 2. The molecule has 142 valence electrons. The predicted molar refractivity (Wildman–Crippen MR) is 104 cm³/mol. The van der Waals surface area contributed by atoms with Crippen LogP contribution in [0.25, 0.3) is 0 Å².